The summed E-state index contributed by atoms with van der Waals surface area (Å²) in [5.74, 6) is 0. The zero-order valence-corrected chi connectivity index (χ0v) is 12.2. The molecule has 2 heterocycles. The van der Waals surface area contributed by atoms with Crippen LogP contribution >= 0.6 is 11.5 Å². The molecular formula is C12H20N4O2S. The molecule has 1 atom stereocenters. The molecule has 1 aromatic rings. The summed E-state index contributed by atoms with van der Waals surface area (Å²) in [5.41, 5.74) is 0.886. The minimum atomic E-state index is -0.0189. The monoisotopic (exact) mass is 284 g/mol. The summed E-state index contributed by atoms with van der Waals surface area (Å²) in [4.78, 5) is 15.1. The molecule has 1 fully saturated rings. The molecule has 106 valence electrons. The number of amides is 2. The Balaban J connectivity index is 1.89. The normalized spacial score (nSPS) is 19.5. The largest absolute Gasteiger partial charge is 0.383 e. The van der Waals surface area contributed by atoms with Gasteiger partial charge in [-0.15, -0.1) is 5.10 Å². The maximum Gasteiger partial charge on any atom is 0.318 e. The van der Waals surface area contributed by atoms with E-state index < -0.39 is 0 Å². The number of urea groups is 1. The number of aromatic nitrogens is 2. The maximum absolute atomic E-state index is 12.2. The van der Waals surface area contributed by atoms with Gasteiger partial charge in [0.05, 0.1) is 29.8 Å². The second-order valence-electron chi connectivity index (χ2n) is 4.74. The van der Waals surface area contributed by atoms with Crippen molar-refractivity contribution in [3.05, 3.63) is 10.6 Å². The summed E-state index contributed by atoms with van der Waals surface area (Å²) < 4.78 is 9.05. The number of aryl methyl sites for hydroxylation is 1. The van der Waals surface area contributed by atoms with Gasteiger partial charge >= 0.3 is 6.03 Å². The van der Waals surface area contributed by atoms with Crippen molar-refractivity contribution in [2.75, 3.05) is 20.3 Å². The molecule has 1 saturated heterocycles. The molecule has 1 aromatic heterocycles. The fourth-order valence-corrected chi connectivity index (χ4v) is 2.88. The Hall–Kier alpha value is -1.21. The number of nitrogens with zero attached hydrogens (tertiary/aromatic N) is 3. The minimum absolute atomic E-state index is 0.0189. The SMILES string of the molecule is COC[C@H]1CCCCN1C(=O)NCc1snnc1C. The van der Waals surface area contributed by atoms with E-state index in [0.717, 1.165) is 36.4 Å². The van der Waals surface area contributed by atoms with Gasteiger partial charge in [0.25, 0.3) is 0 Å². The smallest absolute Gasteiger partial charge is 0.318 e. The quantitative estimate of drug-likeness (QED) is 0.911. The Bertz CT molecular complexity index is 422. The zero-order valence-electron chi connectivity index (χ0n) is 11.4. The summed E-state index contributed by atoms with van der Waals surface area (Å²) in [6, 6.07) is 0.175. The number of likely N-dealkylation sites (tertiary alicyclic amines) is 1. The first-order valence-electron chi connectivity index (χ1n) is 6.53. The Kier molecular flexibility index (Phi) is 5.09. The molecular weight excluding hydrogens is 264 g/mol. The van der Waals surface area contributed by atoms with E-state index in [1.165, 1.54) is 11.5 Å². The second-order valence-corrected chi connectivity index (χ2v) is 5.58. The van der Waals surface area contributed by atoms with Gasteiger partial charge in [0.15, 0.2) is 0 Å². The molecule has 0 radical (unpaired) electrons. The van der Waals surface area contributed by atoms with Crippen LogP contribution in [-0.2, 0) is 11.3 Å². The third kappa shape index (κ3) is 3.63. The Morgan fingerprint density at radius 1 is 1.58 bits per heavy atom. The lowest BCUT2D eigenvalue weighted by molar-refractivity contribution is 0.0827. The first kappa shape index (κ1) is 14.2. The molecule has 1 aliphatic heterocycles. The van der Waals surface area contributed by atoms with Crippen LogP contribution in [0.25, 0.3) is 0 Å². The number of hydrogen-bond acceptors (Lipinski definition) is 5. The van der Waals surface area contributed by atoms with Gasteiger partial charge in [-0.05, 0) is 37.7 Å². The third-order valence-corrected chi connectivity index (χ3v) is 4.22. The number of carbonyl (C=O) groups excluding carboxylic acids is 1. The van der Waals surface area contributed by atoms with Crippen LogP contribution in [0.15, 0.2) is 0 Å². The van der Waals surface area contributed by atoms with Crippen molar-refractivity contribution in [2.45, 2.75) is 38.8 Å². The molecule has 7 heteroatoms. The third-order valence-electron chi connectivity index (χ3n) is 3.39. The average Bonchev–Trinajstić information content (AvgIpc) is 2.82. The predicted octanol–water partition coefficient (Wildman–Crippen LogP) is 1.56. The predicted molar refractivity (Wildman–Crippen MR) is 73.1 cm³/mol. The molecule has 1 aliphatic rings. The maximum atomic E-state index is 12.2. The van der Waals surface area contributed by atoms with E-state index in [4.69, 9.17) is 4.74 Å². The molecule has 0 bridgehead atoms. The van der Waals surface area contributed by atoms with Crippen molar-refractivity contribution < 1.29 is 9.53 Å². The highest BCUT2D eigenvalue weighted by molar-refractivity contribution is 7.05. The summed E-state index contributed by atoms with van der Waals surface area (Å²) in [7, 11) is 1.68. The molecule has 6 nitrogen and oxygen atoms in total. The average molecular weight is 284 g/mol. The van der Waals surface area contributed by atoms with Gasteiger partial charge in [-0.3, -0.25) is 0 Å². The molecule has 1 N–H and O–H groups in total. The summed E-state index contributed by atoms with van der Waals surface area (Å²) >= 11 is 1.33. The number of methoxy groups -OCH3 is 1. The second kappa shape index (κ2) is 6.81. The molecule has 0 unspecified atom stereocenters. The fourth-order valence-electron chi connectivity index (χ4n) is 2.30. The van der Waals surface area contributed by atoms with Crippen molar-refractivity contribution in [2.24, 2.45) is 0 Å². The highest BCUT2D eigenvalue weighted by Gasteiger charge is 2.26. The van der Waals surface area contributed by atoms with Crippen molar-refractivity contribution in [1.82, 2.24) is 19.8 Å². The molecule has 0 aromatic carbocycles. The number of rotatable bonds is 4. The van der Waals surface area contributed by atoms with Gasteiger partial charge in [0.1, 0.15) is 0 Å². The van der Waals surface area contributed by atoms with Crippen LogP contribution in [0.1, 0.15) is 29.8 Å². The zero-order chi connectivity index (χ0) is 13.7. The summed E-state index contributed by atoms with van der Waals surface area (Å²) in [5, 5.41) is 6.88. The van der Waals surface area contributed by atoms with Gasteiger partial charge < -0.3 is 15.0 Å². The van der Waals surface area contributed by atoms with E-state index in [1.54, 1.807) is 7.11 Å². The highest BCUT2D eigenvalue weighted by Crippen LogP contribution is 2.17. The fraction of sp³-hybridized carbons (Fsp3) is 0.750. The van der Waals surface area contributed by atoms with Crippen LogP contribution < -0.4 is 5.32 Å². The van der Waals surface area contributed by atoms with Crippen LogP contribution in [0.4, 0.5) is 4.79 Å². The van der Waals surface area contributed by atoms with Crippen LogP contribution in [-0.4, -0.2) is 46.8 Å². The minimum Gasteiger partial charge on any atom is -0.383 e. The Labute approximate surface area is 117 Å². The molecule has 2 rings (SSSR count). The lowest BCUT2D eigenvalue weighted by atomic mass is 10.0. The Morgan fingerprint density at radius 2 is 2.42 bits per heavy atom. The standard InChI is InChI=1S/C12H20N4O2S/c1-9-11(19-15-14-9)7-13-12(17)16-6-4-3-5-10(16)8-18-2/h10H,3-8H2,1-2H3,(H,13,17)/t10-/m1/s1. The van der Waals surface area contributed by atoms with Crippen molar-refractivity contribution >= 4 is 17.6 Å². The van der Waals surface area contributed by atoms with E-state index >= 15 is 0 Å². The summed E-state index contributed by atoms with van der Waals surface area (Å²) in [6.07, 6.45) is 3.24. The van der Waals surface area contributed by atoms with E-state index in [2.05, 4.69) is 14.9 Å². The first-order chi connectivity index (χ1) is 9.22. The van der Waals surface area contributed by atoms with Crippen molar-refractivity contribution in [3.8, 4) is 0 Å². The van der Waals surface area contributed by atoms with E-state index in [1.807, 2.05) is 11.8 Å². The van der Waals surface area contributed by atoms with Crippen LogP contribution in [0.3, 0.4) is 0 Å². The van der Waals surface area contributed by atoms with Gasteiger partial charge in [-0.25, -0.2) is 4.79 Å². The Morgan fingerprint density at radius 3 is 3.11 bits per heavy atom. The number of ether oxygens (including phenoxy) is 1. The van der Waals surface area contributed by atoms with Crippen molar-refractivity contribution in [3.63, 3.8) is 0 Å². The summed E-state index contributed by atoms with van der Waals surface area (Å²) in [6.45, 7) is 3.81. The van der Waals surface area contributed by atoms with Crippen LogP contribution in [0, 0.1) is 6.92 Å². The number of hydrogen-bond donors (Lipinski definition) is 1. The van der Waals surface area contributed by atoms with E-state index in [-0.39, 0.29) is 12.1 Å². The van der Waals surface area contributed by atoms with Gasteiger partial charge in [0.2, 0.25) is 0 Å². The molecule has 0 aliphatic carbocycles. The number of carbonyl (C=O) groups is 1. The van der Waals surface area contributed by atoms with Gasteiger partial charge in [0, 0.05) is 13.7 Å². The molecule has 0 spiro atoms. The molecule has 0 saturated carbocycles. The van der Waals surface area contributed by atoms with Gasteiger partial charge in [-0.1, -0.05) is 4.49 Å². The topological polar surface area (TPSA) is 67.3 Å². The lowest BCUT2D eigenvalue weighted by Gasteiger charge is -2.35. The van der Waals surface area contributed by atoms with Crippen LogP contribution in [0.2, 0.25) is 0 Å². The number of piperidine rings is 1. The lowest BCUT2D eigenvalue weighted by Crippen LogP contribution is -2.50. The van der Waals surface area contributed by atoms with Crippen LogP contribution in [0.5, 0.6) is 0 Å². The molecule has 19 heavy (non-hydrogen) atoms. The van der Waals surface area contributed by atoms with E-state index in [9.17, 15) is 4.79 Å². The highest BCUT2D eigenvalue weighted by atomic mass is 32.1. The first-order valence-corrected chi connectivity index (χ1v) is 7.31. The van der Waals surface area contributed by atoms with Gasteiger partial charge in [-0.2, -0.15) is 0 Å². The molecule has 2 amide bonds. The van der Waals surface area contributed by atoms with Crippen molar-refractivity contribution in [1.29, 1.82) is 0 Å². The number of nitrogens with one attached hydrogen (secondary N) is 1. The van der Waals surface area contributed by atoms with E-state index in [0.29, 0.717) is 13.2 Å².